The Balaban J connectivity index is 2.09. The Hall–Kier alpha value is -2.64. The number of nitrogens with one attached hydrogen (secondary N) is 1. The molecule has 0 saturated heterocycles. The summed E-state index contributed by atoms with van der Waals surface area (Å²) in [4.78, 5) is 26.4. The van der Waals surface area contributed by atoms with E-state index in [0.29, 0.717) is 17.3 Å². The van der Waals surface area contributed by atoms with Gasteiger partial charge in [0.15, 0.2) is 5.89 Å². The van der Waals surface area contributed by atoms with Gasteiger partial charge >= 0.3 is 5.97 Å². The molecule has 19 heavy (non-hydrogen) atoms. The van der Waals surface area contributed by atoms with Crippen molar-refractivity contribution in [3.8, 4) is 0 Å². The molecule has 0 atom stereocenters. The minimum atomic E-state index is -1.01. The summed E-state index contributed by atoms with van der Waals surface area (Å²) in [5.74, 6) is -0.927. The van der Waals surface area contributed by atoms with Crippen LogP contribution < -0.4 is 5.32 Å². The van der Waals surface area contributed by atoms with E-state index in [4.69, 9.17) is 9.52 Å². The predicted octanol–water partition coefficient (Wildman–Crippen LogP) is 0.825. The monoisotopic (exact) mass is 264 g/mol. The van der Waals surface area contributed by atoms with E-state index in [-0.39, 0.29) is 12.3 Å². The van der Waals surface area contributed by atoms with Gasteiger partial charge in [-0.2, -0.15) is 5.10 Å². The third kappa shape index (κ3) is 2.97. The van der Waals surface area contributed by atoms with Crippen LogP contribution in [0.25, 0.3) is 0 Å². The molecule has 2 N–H and O–H groups in total. The van der Waals surface area contributed by atoms with Crippen LogP contribution in [-0.4, -0.2) is 31.7 Å². The summed E-state index contributed by atoms with van der Waals surface area (Å²) < 4.78 is 6.38. The van der Waals surface area contributed by atoms with Gasteiger partial charge in [0.05, 0.1) is 17.6 Å². The van der Waals surface area contributed by atoms with Crippen molar-refractivity contribution in [1.29, 1.82) is 0 Å². The van der Waals surface area contributed by atoms with Gasteiger partial charge in [0.25, 0.3) is 5.91 Å². The molecule has 8 heteroatoms. The molecule has 0 aliphatic rings. The SMILES string of the molecule is Cc1nc(C)c(C(=O)Nc2cnn(CC(=O)O)c2)o1. The molecule has 2 heterocycles. The van der Waals surface area contributed by atoms with Crippen molar-refractivity contribution in [3.05, 3.63) is 29.7 Å². The second-order valence-electron chi connectivity index (χ2n) is 3.92. The summed E-state index contributed by atoms with van der Waals surface area (Å²) in [6.45, 7) is 3.05. The standard InChI is InChI=1S/C11H12N4O4/c1-6-10(19-7(2)13-6)11(18)14-8-3-12-15(4-8)5-9(16)17/h3-4H,5H2,1-2H3,(H,14,18)(H,16,17). The van der Waals surface area contributed by atoms with Crippen LogP contribution >= 0.6 is 0 Å². The van der Waals surface area contributed by atoms with Gasteiger partial charge in [0.2, 0.25) is 5.76 Å². The van der Waals surface area contributed by atoms with Crippen LogP contribution in [0.15, 0.2) is 16.8 Å². The molecule has 2 rings (SSSR count). The lowest BCUT2D eigenvalue weighted by molar-refractivity contribution is -0.137. The second kappa shape index (κ2) is 4.92. The molecule has 0 bridgehead atoms. The smallest absolute Gasteiger partial charge is 0.325 e. The fraction of sp³-hybridized carbons (Fsp3) is 0.273. The number of aromatic nitrogens is 3. The molecule has 0 spiro atoms. The van der Waals surface area contributed by atoms with Gasteiger partial charge in [-0.3, -0.25) is 14.3 Å². The first-order valence-corrected chi connectivity index (χ1v) is 5.45. The number of hydrogen-bond donors (Lipinski definition) is 2. The number of rotatable bonds is 4. The lowest BCUT2D eigenvalue weighted by Gasteiger charge is -1.99. The molecule has 0 saturated carbocycles. The summed E-state index contributed by atoms with van der Waals surface area (Å²) in [5.41, 5.74) is 0.882. The Morgan fingerprint density at radius 1 is 1.47 bits per heavy atom. The Morgan fingerprint density at radius 3 is 2.79 bits per heavy atom. The average Bonchev–Trinajstić information content (AvgIpc) is 2.84. The number of carbonyl (C=O) groups excluding carboxylic acids is 1. The number of oxazole rings is 1. The van der Waals surface area contributed by atoms with Crippen LogP contribution in [0.5, 0.6) is 0 Å². The maximum atomic E-state index is 11.9. The molecule has 0 unspecified atom stereocenters. The fourth-order valence-electron chi connectivity index (χ4n) is 1.58. The minimum absolute atomic E-state index is 0.128. The number of hydrogen-bond acceptors (Lipinski definition) is 5. The van der Waals surface area contributed by atoms with Gasteiger partial charge in [-0.1, -0.05) is 0 Å². The lowest BCUT2D eigenvalue weighted by atomic mass is 10.3. The molecule has 0 aliphatic heterocycles. The Labute approximate surface area is 108 Å². The number of aryl methyl sites for hydroxylation is 2. The van der Waals surface area contributed by atoms with E-state index >= 15 is 0 Å². The summed E-state index contributed by atoms with van der Waals surface area (Å²) in [7, 11) is 0. The zero-order chi connectivity index (χ0) is 14.0. The van der Waals surface area contributed by atoms with Gasteiger partial charge in [0, 0.05) is 13.1 Å². The number of carbonyl (C=O) groups is 2. The highest BCUT2D eigenvalue weighted by molar-refractivity contribution is 6.02. The number of anilines is 1. The highest BCUT2D eigenvalue weighted by Crippen LogP contribution is 2.12. The van der Waals surface area contributed by atoms with E-state index in [1.54, 1.807) is 13.8 Å². The van der Waals surface area contributed by atoms with Crippen LogP contribution in [0.1, 0.15) is 22.1 Å². The summed E-state index contributed by atoms with van der Waals surface area (Å²) in [6, 6.07) is 0. The average molecular weight is 264 g/mol. The first-order valence-electron chi connectivity index (χ1n) is 5.45. The molecule has 2 aromatic heterocycles. The Bertz CT molecular complexity index is 628. The summed E-state index contributed by atoms with van der Waals surface area (Å²) in [5, 5.41) is 15.0. The van der Waals surface area contributed by atoms with Crippen LogP contribution in [0.2, 0.25) is 0 Å². The Morgan fingerprint density at radius 2 is 2.21 bits per heavy atom. The molecule has 1 amide bonds. The normalized spacial score (nSPS) is 10.4. The predicted molar refractivity (Wildman–Crippen MR) is 63.8 cm³/mol. The van der Waals surface area contributed by atoms with Crippen molar-refractivity contribution in [2.45, 2.75) is 20.4 Å². The highest BCUT2D eigenvalue weighted by Gasteiger charge is 2.16. The van der Waals surface area contributed by atoms with Crippen molar-refractivity contribution in [3.63, 3.8) is 0 Å². The third-order valence-corrected chi connectivity index (χ3v) is 2.30. The first-order chi connectivity index (χ1) is 8.95. The van der Waals surface area contributed by atoms with Crippen LogP contribution in [0.4, 0.5) is 5.69 Å². The molecular weight excluding hydrogens is 252 g/mol. The van der Waals surface area contributed by atoms with Crippen molar-refractivity contribution in [2.75, 3.05) is 5.32 Å². The summed E-state index contributed by atoms with van der Waals surface area (Å²) >= 11 is 0. The van der Waals surface area contributed by atoms with Crippen molar-refractivity contribution < 1.29 is 19.1 Å². The molecule has 2 aromatic rings. The number of carboxylic acids is 1. The maximum absolute atomic E-state index is 11.9. The molecule has 0 aliphatic carbocycles. The zero-order valence-corrected chi connectivity index (χ0v) is 10.4. The second-order valence-corrected chi connectivity index (χ2v) is 3.92. The van der Waals surface area contributed by atoms with E-state index < -0.39 is 11.9 Å². The van der Waals surface area contributed by atoms with E-state index in [2.05, 4.69) is 15.4 Å². The van der Waals surface area contributed by atoms with Crippen molar-refractivity contribution in [1.82, 2.24) is 14.8 Å². The van der Waals surface area contributed by atoms with Crippen LogP contribution in [0.3, 0.4) is 0 Å². The largest absolute Gasteiger partial charge is 0.480 e. The van der Waals surface area contributed by atoms with Gasteiger partial charge in [-0.15, -0.1) is 0 Å². The topological polar surface area (TPSA) is 110 Å². The highest BCUT2D eigenvalue weighted by atomic mass is 16.4. The molecule has 100 valence electrons. The molecular formula is C11H12N4O4. The zero-order valence-electron chi connectivity index (χ0n) is 10.4. The van der Waals surface area contributed by atoms with Crippen LogP contribution in [0, 0.1) is 13.8 Å². The summed E-state index contributed by atoms with van der Waals surface area (Å²) in [6.07, 6.45) is 2.78. The number of amides is 1. The molecule has 0 radical (unpaired) electrons. The Kier molecular flexibility index (Phi) is 3.32. The molecule has 8 nitrogen and oxygen atoms in total. The molecule has 0 aromatic carbocycles. The quantitative estimate of drug-likeness (QED) is 0.846. The van der Waals surface area contributed by atoms with E-state index in [1.807, 2.05) is 0 Å². The number of nitrogens with zero attached hydrogens (tertiary/aromatic N) is 3. The van der Waals surface area contributed by atoms with Crippen LogP contribution in [-0.2, 0) is 11.3 Å². The van der Waals surface area contributed by atoms with Gasteiger partial charge in [-0.05, 0) is 6.92 Å². The lowest BCUT2D eigenvalue weighted by Crippen LogP contribution is -2.12. The first kappa shape index (κ1) is 12.8. The van der Waals surface area contributed by atoms with Crippen molar-refractivity contribution in [2.24, 2.45) is 0 Å². The molecule has 0 fully saturated rings. The van der Waals surface area contributed by atoms with E-state index in [9.17, 15) is 9.59 Å². The fourth-order valence-corrected chi connectivity index (χ4v) is 1.58. The van der Waals surface area contributed by atoms with Crippen molar-refractivity contribution >= 4 is 17.6 Å². The minimum Gasteiger partial charge on any atom is -0.480 e. The van der Waals surface area contributed by atoms with Gasteiger partial charge in [-0.25, -0.2) is 4.98 Å². The maximum Gasteiger partial charge on any atom is 0.325 e. The van der Waals surface area contributed by atoms with Gasteiger partial charge in [0.1, 0.15) is 6.54 Å². The van der Waals surface area contributed by atoms with E-state index in [1.165, 1.54) is 17.1 Å². The number of aliphatic carboxylic acids is 1. The van der Waals surface area contributed by atoms with Gasteiger partial charge < -0.3 is 14.8 Å². The van der Waals surface area contributed by atoms with E-state index in [0.717, 1.165) is 0 Å². The number of carboxylic acid groups (broad SMARTS) is 1. The third-order valence-electron chi connectivity index (χ3n) is 2.30.